The highest BCUT2D eigenvalue weighted by molar-refractivity contribution is 9.10. The normalized spacial score (nSPS) is 18.5. The quantitative estimate of drug-likeness (QED) is 0.724. The van der Waals surface area contributed by atoms with E-state index >= 15 is 0 Å². The summed E-state index contributed by atoms with van der Waals surface area (Å²) in [6, 6.07) is 2.28. The molecule has 24 heavy (non-hydrogen) atoms. The van der Waals surface area contributed by atoms with Gasteiger partial charge >= 0.3 is 0 Å². The number of amides is 1. The van der Waals surface area contributed by atoms with Crippen LogP contribution in [0.4, 0.5) is 0 Å². The van der Waals surface area contributed by atoms with E-state index in [1.54, 1.807) is 20.2 Å². The monoisotopic (exact) mass is 420 g/mol. The maximum absolute atomic E-state index is 13.1. The van der Waals surface area contributed by atoms with Crippen molar-refractivity contribution in [2.75, 3.05) is 34.9 Å². The summed E-state index contributed by atoms with van der Waals surface area (Å²) in [5.41, 5.74) is 0. The topological polar surface area (TPSA) is 76.2 Å². The number of likely N-dealkylation sites (N-methyl/N-ethyl adjacent to an activating group) is 1. The van der Waals surface area contributed by atoms with Gasteiger partial charge in [0.15, 0.2) is 11.5 Å². The number of nitrogens with zero attached hydrogens (tertiary/aromatic N) is 2. The number of carbonyl (C=O) groups is 1. The largest absolute Gasteiger partial charge is 0.493 e. The number of hydrogen-bond donors (Lipinski definition) is 0. The number of halogens is 1. The van der Waals surface area contributed by atoms with Crippen LogP contribution in [-0.2, 0) is 14.8 Å². The predicted molar refractivity (Wildman–Crippen MR) is 92.9 cm³/mol. The van der Waals surface area contributed by atoms with Gasteiger partial charge in [0, 0.05) is 31.2 Å². The Balaban J connectivity index is 2.49. The molecule has 1 fully saturated rings. The Morgan fingerprint density at radius 3 is 2.38 bits per heavy atom. The van der Waals surface area contributed by atoms with Crippen molar-refractivity contribution in [2.24, 2.45) is 0 Å². The molecule has 0 aliphatic carbocycles. The summed E-state index contributed by atoms with van der Waals surface area (Å²) in [6.07, 6.45) is 1.16. The highest BCUT2D eigenvalue weighted by Crippen LogP contribution is 2.38. The summed E-state index contributed by atoms with van der Waals surface area (Å²) in [7, 11) is 2.31. The molecule has 0 radical (unpaired) electrons. The molecule has 0 bridgehead atoms. The van der Waals surface area contributed by atoms with E-state index in [1.807, 2.05) is 0 Å². The summed E-state index contributed by atoms with van der Waals surface area (Å²) in [5.74, 6) is 0.521. The molecule has 134 valence electrons. The Morgan fingerprint density at radius 2 is 1.83 bits per heavy atom. The van der Waals surface area contributed by atoms with E-state index < -0.39 is 16.1 Å². The number of carbonyl (C=O) groups excluding carboxylic acids is 1. The van der Waals surface area contributed by atoms with E-state index in [0.717, 1.165) is 0 Å². The van der Waals surface area contributed by atoms with Gasteiger partial charge in [-0.1, -0.05) is 0 Å². The zero-order chi connectivity index (χ0) is 18.1. The highest BCUT2D eigenvalue weighted by atomic mass is 79.9. The van der Waals surface area contributed by atoms with Crippen LogP contribution in [0.15, 0.2) is 21.5 Å². The van der Waals surface area contributed by atoms with Gasteiger partial charge in [0.1, 0.15) is 10.9 Å². The van der Waals surface area contributed by atoms with Crippen LogP contribution in [-0.4, -0.2) is 64.4 Å². The van der Waals surface area contributed by atoms with Gasteiger partial charge in [-0.15, -0.1) is 0 Å². The average molecular weight is 421 g/mol. The van der Waals surface area contributed by atoms with E-state index in [-0.39, 0.29) is 10.8 Å². The fourth-order valence-electron chi connectivity index (χ4n) is 2.73. The zero-order valence-corrected chi connectivity index (χ0v) is 16.5. The molecule has 1 amide bonds. The van der Waals surface area contributed by atoms with Gasteiger partial charge in [0.05, 0.1) is 14.2 Å². The third-order valence-corrected chi connectivity index (χ3v) is 6.82. The Labute approximate surface area is 150 Å². The van der Waals surface area contributed by atoms with E-state index in [0.29, 0.717) is 35.4 Å². The van der Waals surface area contributed by atoms with Crippen molar-refractivity contribution in [2.45, 2.75) is 23.8 Å². The molecule has 1 aliphatic rings. The first-order valence-corrected chi connectivity index (χ1v) is 9.62. The van der Waals surface area contributed by atoms with Gasteiger partial charge in [-0.2, -0.15) is 4.31 Å². The first-order valence-electron chi connectivity index (χ1n) is 7.38. The SMILES string of the molecule is COc1cc(Br)c(S(=O)(=O)N2CCCC2C(=O)N(C)C)cc1OC. The highest BCUT2D eigenvalue weighted by Gasteiger charge is 2.41. The molecule has 9 heteroatoms. The smallest absolute Gasteiger partial charge is 0.245 e. The summed E-state index contributed by atoms with van der Waals surface area (Å²) in [6.45, 7) is 0.313. The van der Waals surface area contributed by atoms with Gasteiger partial charge in [-0.05, 0) is 34.8 Å². The lowest BCUT2D eigenvalue weighted by Crippen LogP contribution is -2.45. The molecular weight excluding hydrogens is 400 g/mol. The molecule has 1 saturated heterocycles. The maximum atomic E-state index is 13.1. The molecule has 2 rings (SSSR count). The molecule has 1 unspecified atom stereocenters. The molecule has 1 atom stereocenters. The molecule has 1 aromatic rings. The van der Waals surface area contributed by atoms with E-state index in [2.05, 4.69) is 15.9 Å². The van der Waals surface area contributed by atoms with Gasteiger partial charge in [-0.3, -0.25) is 4.79 Å². The third-order valence-electron chi connectivity index (χ3n) is 3.95. The second kappa shape index (κ2) is 7.28. The van der Waals surface area contributed by atoms with Crippen molar-refractivity contribution in [3.8, 4) is 11.5 Å². The molecule has 0 aromatic heterocycles. The van der Waals surface area contributed by atoms with Crippen molar-refractivity contribution in [3.05, 3.63) is 16.6 Å². The van der Waals surface area contributed by atoms with Gasteiger partial charge in [0.25, 0.3) is 0 Å². The summed E-state index contributed by atoms with van der Waals surface area (Å²) < 4.78 is 38.2. The lowest BCUT2D eigenvalue weighted by molar-refractivity contribution is -0.132. The van der Waals surface area contributed by atoms with Crippen LogP contribution in [0.2, 0.25) is 0 Å². The minimum Gasteiger partial charge on any atom is -0.493 e. The van der Waals surface area contributed by atoms with E-state index in [4.69, 9.17) is 9.47 Å². The molecule has 1 heterocycles. The first kappa shape index (κ1) is 19.0. The molecule has 0 N–H and O–H groups in total. The van der Waals surface area contributed by atoms with Crippen molar-refractivity contribution in [3.63, 3.8) is 0 Å². The minimum absolute atomic E-state index is 0.0543. The molecule has 1 aliphatic heterocycles. The zero-order valence-electron chi connectivity index (χ0n) is 14.1. The van der Waals surface area contributed by atoms with Crippen LogP contribution in [0.25, 0.3) is 0 Å². The number of methoxy groups -OCH3 is 2. The van der Waals surface area contributed by atoms with Gasteiger partial charge in [0.2, 0.25) is 15.9 Å². The lowest BCUT2D eigenvalue weighted by atomic mass is 10.2. The molecule has 0 spiro atoms. The van der Waals surface area contributed by atoms with Crippen molar-refractivity contribution in [1.29, 1.82) is 0 Å². The fraction of sp³-hybridized carbons (Fsp3) is 0.533. The molecule has 7 nitrogen and oxygen atoms in total. The van der Waals surface area contributed by atoms with Crippen LogP contribution in [0.1, 0.15) is 12.8 Å². The van der Waals surface area contributed by atoms with Gasteiger partial charge < -0.3 is 14.4 Å². The molecule has 1 aromatic carbocycles. The number of sulfonamides is 1. The van der Waals surface area contributed by atoms with Crippen LogP contribution >= 0.6 is 15.9 Å². The van der Waals surface area contributed by atoms with Crippen LogP contribution in [0.3, 0.4) is 0 Å². The van der Waals surface area contributed by atoms with Gasteiger partial charge in [-0.25, -0.2) is 8.42 Å². The Morgan fingerprint density at radius 1 is 1.25 bits per heavy atom. The average Bonchev–Trinajstić information content (AvgIpc) is 3.03. The van der Waals surface area contributed by atoms with Crippen molar-refractivity contribution >= 4 is 31.9 Å². The number of benzene rings is 1. The van der Waals surface area contributed by atoms with Crippen LogP contribution in [0, 0.1) is 0 Å². The Kier molecular flexibility index (Phi) is 5.77. The van der Waals surface area contributed by atoms with E-state index in [1.165, 1.54) is 29.5 Å². The number of hydrogen-bond acceptors (Lipinski definition) is 5. The van der Waals surface area contributed by atoms with Crippen LogP contribution in [0.5, 0.6) is 11.5 Å². The fourth-order valence-corrected chi connectivity index (χ4v) is 5.38. The standard InChI is InChI=1S/C15H21BrN2O5S/c1-17(2)15(19)11-6-5-7-18(11)24(20,21)14-9-13(23-4)12(22-3)8-10(14)16/h8-9,11H,5-7H2,1-4H3. The number of rotatable bonds is 5. The van der Waals surface area contributed by atoms with Crippen LogP contribution < -0.4 is 9.47 Å². The lowest BCUT2D eigenvalue weighted by Gasteiger charge is -2.26. The molecular formula is C15H21BrN2O5S. The maximum Gasteiger partial charge on any atom is 0.245 e. The van der Waals surface area contributed by atoms with Crippen molar-refractivity contribution in [1.82, 2.24) is 9.21 Å². The number of ether oxygens (including phenoxy) is 2. The Bertz CT molecular complexity index is 736. The first-order chi connectivity index (χ1) is 11.2. The van der Waals surface area contributed by atoms with Crippen molar-refractivity contribution < 1.29 is 22.7 Å². The summed E-state index contributed by atoms with van der Waals surface area (Å²) in [4.78, 5) is 13.8. The second-order valence-electron chi connectivity index (χ2n) is 5.64. The third kappa shape index (κ3) is 3.38. The minimum atomic E-state index is -3.85. The second-order valence-corrected chi connectivity index (χ2v) is 8.36. The Hall–Kier alpha value is -1.32. The summed E-state index contributed by atoms with van der Waals surface area (Å²) >= 11 is 3.28. The predicted octanol–water partition coefficient (Wildman–Crippen LogP) is 1.71. The van der Waals surface area contributed by atoms with E-state index in [9.17, 15) is 13.2 Å². The summed E-state index contributed by atoms with van der Waals surface area (Å²) in [5, 5.41) is 0. The molecule has 0 saturated carbocycles.